The first-order chi connectivity index (χ1) is 11.7. The Labute approximate surface area is 148 Å². The first-order valence-corrected chi connectivity index (χ1v) is 10.3. The summed E-state index contributed by atoms with van der Waals surface area (Å²) in [6.07, 6.45) is 4.17. The summed E-state index contributed by atoms with van der Waals surface area (Å²) >= 11 is 0. The molecule has 1 aromatic carbocycles. The van der Waals surface area contributed by atoms with E-state index in [0.717, 1.165) is 25.5 Å². The van der Waals surface area contributed by atoms with E-state index in [1.165, 1.54) is 18.2 Å². The second-order valence-corrected chi connectivity index (χ2v) is 8.77. The normalized spacial score (nSPS) is 23.7. The molecule has 0 spiro atoms. The summed E-state index contributed by atoms with van der Waals surface area (Å²) in [5.41, 5.74) is -0.0579. The zero-order chi connectivity index (χ0) is 18.6. The molecule has 1 N–H and O–H groups in total. The second-order valence-electron chi connectivity index (χ2n) is 6.79. The molecule has 0 saturated heterocycles. The average molecular weight is 367 g/mol. The highest BCUT2D eigenvalue weighted by molar-refractivity contribution is 7.90. The van der Waals surface area contributed by atoms with Crippen LogP contribution >= 0.6 is 0 Å². The van der Waals surface area contributed by atoms with Crippen LogP contribution in [-0.2, 0) is 19.4 Å². The minimum absolute atomic E-state index is 0.0579. The third-order valence-electron chi connectivity index (χ3n) is 4.89. The Balaban J connectivity index is 1.95. The lowest BCUT2D eigenvalue weighted by atomic mass is 9.78. The van der Waals surface area contributed by atoms with Crippen molar-refractivity contribution in [2.75, 3.05) is 12.9 Å². The van der Waals surface area contributed by atoms with E-state index in [4.69, 9.17) is 4.74 Å². The Hall–Kier alpha value is -1.89. The van der Waals surface area contributed by atoms with Crippen LogP contribution in [0, 0.1) is 11.8 Å². The van der Waals surface area contributed by atoms with Crippen molar-refractivity contribution in [3.05, 3.63) is 29.8 Å². The molecule has 0 unspecified atom stereocenters. The van der Waals surface area contributed by atoms with Crippen LogP contribution in [0.5, 0.6) is 0 Å². The van der Waals surface area contributed by atoms with Crippen LogP contribution in [0.25, 0.3) is 0 Å². The van der Waals surface area contributed by atoms with Gasteiger partial charge in [-0.25, -0.2) is 13.2 Å². The van der Waals surface area contributed by atoms with E-state index in [-0.39, 0.29) is 22.4 Å². The van der Waals surface area contributed by atoms with Gasteiger partial charge in [-0.05, 0) is 30.4 Å². The largest absolute Gasteiger partial charge is 0.452 e. The zero-order valence-electron chi connectivity index (χ0n) is 14.8. The summed E-state index contributed by atoms with van der Waals surface area (Å²) in [4.78, 5) is 24.1. The summed E-state index contributed by atoms with van der Waals surface area (Å²) < 4.78 is 28.5. The van der Waals surface area contributed by atoms with Gasteiger partial charge in [0, 0.05) is 12.3 Å². The molecule has 0 aliphatic heterocycles. The third kappa shape index (κ3) is 5.04. The van der Waals surface area contributed by atoms with Crippen molar-refractivity contribution in [1.82, 2.24) is 5.32 Å². The molecular weight excluding hydrogens is 342 g/mol. The van der Waals surface area contributed by atoms with Crippen LogP contribution < -0.4 is 5.32 Å². The minimum Gasteiger partial charge on any atom is -0.452 e. The van der Waals surface area contributed by atoms with Gasteiger partial charge in [-0.1, -0.05) is 38.8 Å². The van der Waals surface area contributed by atoms with Crippen molar-refractivity contribution < 1.29 is 22.7 Å². The quantitative estimate of drug-likeness (QED) is 0.806. The van der Waals surface area contributed by atoms with Gasteiger partial charge in [0.1, 0.15) is 0 Å². The maximum atomic E-state index is 12.2. The van der Waals surface area contributed by atoms with E-state index in [1.807, 2.05) is 0 Å². The van der Waals surface area contributed by atoms with Gasteiger partial charge in [-0.3, -0.25) is 4.79 Å². The molecule has 3 atom stereocenters. The molecule has 6 nitrogen and oxygen atoms in total. The second kappa shape index (κ2) is 7.99. The number of ether oxygens (including phenoxy) is 1. The number of hydrogen-bond acceptors (Lipinski definition) is 5. The van der Waals surface area contributed by atoms with Crippen molar-refractivity contribution >= 4 is 21.7 Å². The smallest absolute Gasteiger partial charge is 0.339 e. The SMILES string of the molecule is C[C@@H]1[C@H](C)CCC[C@H]1NC(=O)COC(=O)c1ccccc1S(C)(=O)=O. The average Bonchev–Trinajstić information content (AvgIpc) is 2.56. The molecule has 138 valence electrons. The molecular formula is C18H25NO5S. The van der Waals surface area contributed by atoms with Gasteiger partial charge in [0.25, 0.3) is 5.91 Å². The van der Waals surface area contributed by atoms with Crippen molar-refractivity contribution in [2.24, 2.45) is 11.8 Å². The van der Waals surface area contributed by atoms with E-state index in [1.54, 1.807) is 6.07 Å². The Morgan fingerprint density at radius 3 is 2.56 bits per heavy atom. The predicted molar refractivity (Wildman–Crippen MR) is 93.9 cm³/mol. The van der Waals surface area contributed by atoms with Crippen molar-refractivity contribution in [3.63, 3.8) is 0 Å². The number of rotatable bonds is 5. The Morgan fingerprint density at radius 1 is 1.20 bits per heavy atom. The lowest BCUT2D eigenvalue weighted by Gasteiger charge is -2.34. The Kier molecular flexibility index (Phi) is 6.21. The number of nitrogens with one attached hydrogen (secondary N) is 1. The highest BCUT2D eigenvalue weighted by Crippen LogP contribution is 2.29. The van der Waals surface area contributed by atoms with Gasteiger partial charge in [-0.15, -0.1) is 0 Å². The maximum Gasteiger partial charge on any atom is 0.339 e. The molecule has 1 aliphatic carbocycles. The van der Waals surface area contributed by atoms with Gasteiger partial charge in [0.15, 0.2) is 16.4 Å². The summed E-state index contributed by atoms with van der Waals surface area (Å²) in [5, 5.41) is 2.92. The molecule has 25 heavy (non-hydrogen) atoms. The van der Waals surface area contributed by atoms with Gasteiger partial charge < -0.3 is 10.1 Å². The number of sulfone groups is 1. The van der Waals surface area contributed by atoms with E-state index >= 15 is 0 Å². The van der Waals surface area contributed by atoms with Gasteiger partial charge in [0.2, 0.25) is 0 Å². The number of benzene rings is 1. The maximum absolute atomic E-state index is 12.2. The Bertz CT molecular complexity index is 744. The molecule has 1 aromatic rings. The zero-order valence-corrected chi connectivity index (χ0v) is 15.6. The first kappa shape index (κ1) is 19.4. The van der Waals surface area contributed by atoms with E-state index in [0.29, 0.717) is 11.8 Å². The van der Waals surface area contributed by atoms with Gasteiger partial charge in [0.05, 0.1) is 10.5 Å². The molecule has 2 rings (SSSR count). The molecule has 0 heterocycles. The molecule has 1 aliphatic rings. The molecule has 0 radical (unpaired) electrons. The fraction of sp³-hybridized carbons (Fsp3) is 0.556. The number of carbonyl (C=O) groups is 2. The van der Waals surface area contributed by atoms with Crippen LogP contribution in [0.2, 0.25) is 0 Å². The van der Waals surface area contributed by atoms with E-state index < -0.39 is 22.4 Å². The predicted octanol–water partition coefficient (Wildman–Crippen LogP) is 2.19. The molecule has 1 amide bonds. The standard InChI is InChI=1S/C18H25NO5S/c1-12-7-6-9-15(13(12)2)19-17(20)11-24-18(21)14-8-4-5-10-16(14)25(3,22)23/h4-5,8,10,12-13,15H,6-7,9,11H2,1-3H3,(H,19,20)/t12-,13-,15-/m1/s1. The number of amides is 1. The van der Waals surface area contributed by atoms with Crippen LogP contribution in [0.3, 0.4) is 0 Å². The monoisotopic (exact) mass is 367 g/mol. The molecule has 0 bridgehead atoms. The first-order valence-electron chi connectivity index (χ1n) is 8.45. The molecule has 0 aromatic heterocycles. The van der Waals surface area contributed by atoms with Crippen LogP contribution in [0.1, 0.15) is 43.5 Å². The van der Waals surface area contributed by atoms with Crippen LogP contribution in [-0.4, -0.2) is 39.2 Å². The van der Waals surface area contributed by atoms with E-state index in [2.05, 4.69) is 19.2 Å². The lowest BCUT2D eigenvalue weighted by molar-refractivity contribution is -0.125. The summed E-state index contributed by atoms with van der Waals surface area (Å²) in [5.74, 6) is -0.264. The molecule has 1 fully saturated rings. The van der Waals surface area contributed by atoms with Gasteiger partial charge in [-0.2, -0.15) is 0 Å². The summed E-state index contributed by atoms with van der Waals surface area (Å²) in [6.45, 7) is 3.86. The summed E-state index contributed by atoms with van der Waals surface area (Å²) in [7, 11) is -3.55. The van der Waals surface area contributed by atoms with Crippen molar-refractivity contribution in [2.45, 2.75) is 44.0 Å². The highest BCUT2D eigenvalue weighted by Gasteiger charge is 2.28. The number of carbonyl (C=O) groups excluding carboxylic acids is 2. The topological polar surface area (TPSA) is 89.5 Å². The Morgan fingerprint density at radius 2 is 1.88 bits per heavy atom. The summed E-state index contributed by atoms with van der Waals surface area (Å²) in [6, 6.07) is 5.89. The third-order valence-corrected chi connectivity index (χ3v) is 6.05. The van der Waals surface area contributed by atoms with Crippen LogP contribution in [0.15, 0.2) is 29.2 Å². The highest BCUT2D eigenvalue weighted by atomic mass is 32.2. The fourth-order valence-electron chi connectivity index (χ4n) is 3.20. The number of esters is 1. The van der Waals surface area contributed by atoms with E-state index in [9.17, 15) is 18.0 Å². The fourth-order valence-corrected chi connectivity index (χ4v) is 4.08. The molecule has 1 saturated carbocycles. The lowest BCUT2D eigenvalue weighted by Crippen LogP contribution is -2.45. The van der Waals surface area contributed by atoms with Crippen molar-refractivity contribution in [3.8, 4) is 0 Å². The molecule has 7 heteroatoms. The number of hydrogen-bond donors (Lipinski definition) is 1. The van der Waals surface area contributed by atoms with Crippen LogP contribution in [0.4, 0.5) is 0 Å². The van der Waals surface area contributed by atoms with Crippen molar-refractivity contribution in [1.29, 1.82) is 0 Å². The minimum atomic E-state index is -3.55. The van der Waals surface area contributed by atoms with Gasteiger partial charge >= 0.3 is 5.97 Å².